The quantitative estimate of drug-likeness (QED) is 0.183. The van der Waals surface area contributed by atoms with Crippen molar-refractivity contribution in [2.24, 2.45) is 23.5 Å². The number of benzene rings is 1. The highest BCUT2D eigenvalue weighted by molar-refractivity contribution is 6.24. The zero-order chi connectivity index (χ0) is 30.0. The maximum Gasteiger partial charge on any atom is 0.313 e. The molecule has 0 radical (unpaired) electrons. The Morgan fingerprint density at radius 1 is 1.25 bits per heavy atom. The van der Waals surface area contributed by atoms with Crippen molar-refractivity contribution in [2.45, 2.75) is 45.3 Å². The first-order valence-electron chi connectivity index (χ1n) is 13.0. The van der Waals surface area contributed by atoms with Crippen LogP contribution >= 0.6 is 0 Å². The molecule has 0 bridgehead atoms. The third-order valence-electron chi connectivity index (χ3n) is 8.18. The van der Waals surface area contributed by atoms with Crippen molar-refractivity contribution in [3.63, 3.8) is 0 Å². The fourth-order valence-corrected chi connectivity index (χ4v) is 6.54. The second-order valence-corrected chi connectivity index (χ2v) is 11.3. The van der Waals surface area contributed by atoms with E-state index < -0.39 is 74.4 Å². The second-order valence-electron chi connectivity index (χ2n) is 11.3. The molecule has 13 nitrogen and oxygen atoms in total. The SMILES string of the molecule is CCN(CC(C)C)c1cc([N+](=O)[O-])c(O)c2c1CC1CC3[C@H](N(C)C)C(=O)C(C(N)=O)=C(O)[C@@]3(O)C(=O)C1=C2O. The lowest BCUT2D eigenvalue weighted by atomic mass is 9.57. The lowest BCUT2D eigenvalue weighted by Crippen LogP contribution is -2.65. The van der Waals surface area contributed by atoms with Gasteiger partial charge < -0.3 is 31.1 Å². The number of ketones is 2. The van der Waals surface area contributed by atoms with Gasteiger partial charge in [0.2, 0.25) is 11.5 Å². The van der Waals surface area contributed by atoms with E-state index in [4.69, 9.17) is 5.73 Å². The predicted molar refractivity (Wildman–Crippen MR) is 144 cm³/mol. The van der Waals surface area contributed by atoms with Crippen molar-refractivity contribution in [3.8, 4) is 5.75 Å². The molecule has 216 valence electrons. The van der Waals surface area contributed by atoms with Crippen molar-refractivity contribution < 1.29 is 39.7 Å². The molecule has 0 heterocycles. The van der Waals surface area contributed by atoms with E-state index in [9.17, 15) is 44.9 Å². The van der Waals surface area contributed by atoms with Crippen molar-refractivity contribution in [1.29, 1.82) is 0 Å². The number of anilines is 1. The van der Waals surface area contributed by atoms with Gasteiger partial charge >= 0.3 is 5.69 Å². The van der Waals surface area contributed by atoms with Gasteiger partial charge in [0.1, 0.15) is 17.1 Å². The van der Waals surface area contributed by atoms with Crippen LogP contribution in [0.5, 0.6) is 5.75 Å². The van der Waals surface area contributed by atoms with Crippen LogP contribution in [0.2, 0.25) is 0 Å². The summed E-state index contributed by atoms with van der Waals surface area (Å²) in [5.41, 5.74) is 1.11. The average Bonchev–Trinajstić information content (AvgIpc) is 2.84. The molecule has 40 heavy (non-hydrogen) atoms. The van der Waals surface area contributed by atoms with Gasteiger partial charge in [0.25, 0.3) is 5.91 Å². The topological polar surface area (TPSA) is 208 Å². The molecule has 1 amide bonds. The van der Waals surface area contributed by atoms with Gasteiger partial charge in [0, 0.05) is 36.3 Å². The number of Topliss-reactive ketones (excluding diaryl/α,β-unsaturated/α-hetero) is 2. The Balaban J connectivity index is 2.02. The summed E-state index contributed by atoms with van der Waals surface area (Å²) in [6.07, 6.45) is -0.0245. The van der Waals surface area contributed by atoms with Crippen LogP contribution in [0, 0.1) is 27.9 Å². The van der Waals surface area contributed by atoms with Gasteiger partial charge in [0.15, 0.2) is 11.4 Å². The van der Waals surface area contributed by atoms with Gasteiger partial charge in [-0.25, -0.2) is 0 Å². The Kier molecular flexibility index (Phi) is 7.18. The molecule has 3 aliphatic rings. The number of amides is 1. The zero-order valence-corrected chi connectivity index (χ0v) is 23.0. The molecule has 1 aromatic carbocycles. The van der Waals surface area contributed by atoms with Crippen LogP contribution in [0.25, 0.3) is 5.76 Å². The first-order valence-corrected chi connectivity index (χ1v) is 13.0. The number of phenolic OH excluding ortho intramolecular Hbond substituents is 1. The molecular weight excluding hydrogens is 524 g/mol. The van der Waals surface area contributed by atoms with E-state index in [1.54, 1.807) is 0 Å². The number of carbonyl (C=O) groups is 3. The van der Waals surface area contributed by atoms with Crippen LogP contribution in [0.1, 0.15) is 38.3 Å². The van der Waals surface area contributed by atoms with Crippen molar-refractivity contribution in [3.05, 3.63) is 44.2 Å². The molecule has 4 rings (SSSR count). The Morgan fingerprint density at radius 3 is 2.38 bits per heavy atom. The van der Waals surface area contributed by atoms with Crippen LogP contribution in [-0.2, 0) is 20.8 Å². The first-order chi connectivity index (χ1) is 18.6. The summed E-state index contributed by atoms with van der Waals surface area (Å²) in [6.45, 7) is 6.79. The smallest absolute Gasteiger partial charge is 0.313 e. The van der Waals surface area contributed by atoms with Gasteiger partial charge in [-0.1, -0.05) is 13.8 Å². The van der Waals surface area contributed by atoms with E-state index in [1.165, 1.54) is 25.1 Å². The van der Waals surface area contributed by atoms with E-state index in [0.717, 1.165) is 0 Å². The minimum absolute atomic E-state index is 0.0457. The Labute approximate surface area is 230 Å². The number of likely N-dealkylation sites (N-methyl/N-ethyl adjacent to an activating group) is 1. The minimum atomic E-state index is -2.78. The number of carbonyl (C=O) groups excluding carboxylic acids is 3. The lowest BCUT2D eigenvalue weighted by molar-refractivity contribution is -0.385. The summed E-state index contributed by atoms with van der Waals surface area (Å²) in [6, 6.07) is 0.0509. The summed E-state index contributed by atoms with van der Waals surface area (Å²) in [5, 5.41) is 56.9. The number of hydrogen-bond donors (Lipinski definition) is 5. The van der Waals surface area contributed by atoms with Gasteiger partial charge in [-0.2, -0.15) is 0 Å². The molecule has 1 fully saturated rings. The monoisotopic (exact) mass is 558 g/mol. The van der Waals surface area contributed by atoms with E-state index in [2.05, 4.69) is 0 Å². The molecule has 0 spiro atoms. The van der Waals surface area contributed by atoms with Gasteiger partial charge in [-0.15, -0.1) is 0 Å². The minimum Gasteiger partial charge on any atom is -0.508 e. The zero-order valence-electron chi connectivity index (χ0n) is 23.0. The van der Waals surface area contributed by atoms with Crippen LogP contribution in [0.3, 0.4) is 0 Å². The highest BCUT2D eigenvalue weighted by Crippen LogP contribution is 2.55. The predicted octanol–water partition coefficient (Wildman–Crippen LogP) is 1.35. The van der Waals surface area contributed by atoms with E-state index >= 15 is 0 Å². The lowest BCUT2D eigenvalue weighted by Gasteiger charge is -2.50. The standard InChI is InChI=1S/C27H34N4O9/c1-6-30(10-11(2)3)15-9-16(31(39)40)21(32)18-13(15)7-12-8-14-20(29(4)5)23(34)19(26(28)37)25(36)27(14,38)24(35)17(12)22(18)33/h9,11-12,14,20,32-33,36,38H,6-8,10H2,1-5H3,(H2,28,37)/t12?,14?,20-,27-/m0/s1. The highest BCUT2D eigenvalue weighted by Gasteiger charge is 2.64. The summed E-state index contributed by atoms with van der Waals surface area (Å²) in [4.78, 5) is 53.7. The largest absolute Gasteiger partial charge is 0.508 e. The fourth-order valence-electron chi connectivity index (χ4n) is 6.54. The molecule has 6 N–H and O–H groups in total. The fraction of sp³-hybridized carbons (Fsp3) is 0.519. The average molecular weight is 559 g/mol. The number of rotatable bonds is 7. The molecule has 2 unspecified atom stereocenters. The maximum absolute atomic E-state index is 14.0. The summed E-state index contributed by atoms with van der Waals surface area (Å²) in [7, 11) is 3.04. The number of aromatic hydroxyl groups is 1. The number of fused-ring (bicyclic) bond motifs is 3. The van der Waals surface area contributed by atoms with Gasteiger partial charge in [-0.3, -0.25) is 29.4 Å². The van der Waals surface area contributed by atoms with Crippen LogP contribution in [-0.4, -0.2) is 86.6 Å². The number of nitro benzene ring substituents is 1. The Bertz CT molecular complexity index is 1400. The van der Waals surface area contributed by atoms with Gasteiger partial charge in [0.05, 0.1) is 16.5 Å². The molecule has 1 saturated carbocycles. The molecule has 0 aromatic heterocycles. The van der Waals surface area contributed by atoms with Crippen molar-refractivity contribution in [1.82, 2.24) is 4.90 Å². The van der Waals surface area contributed by atoms with E-state index in [0.29, 0.717) is 24.3 Å². The number of nitrogens with zero attached hydrogens (tertiary/aromatic N) is 3. The third-order valence-corrected chi connectivity index (χ3v) is 8.18. The molecule has 3 aliphatic carbocycles. The number of phenols is 1. The summed E-state index contributed by atoms with van der Waals surface area (Å²) < 4.78 is 0. The molecule has 13 heteroatoms. The molecular formula is C27H34N4O9. The second kappa shape index (κ2) is 9.89. The van der Waals surface area contributed by atoms with E-state index in [-0.39, 0.29) is 29.9 Å². The van der Waals surface area contributed by atoms with Gasteiger partial charge in [-0.05, 0) is 51.3 Å². The third kappa shape index (κ3) is 4.03. The highest BCUT2D eigenvalue weighted by atomic mass is 16.6. The summed E-state index contributed by atoms with van der Waals surface area (Å²) in [5.74, 6) is -7.95. The van der Waals surface area contributed by atoms with Crippen LogP contribution < -0.4 is 10.6 Å². The summed E-state index contributed by atoms with van der Waals surface area (Å²) >= 11 is 0. The van der Waals surface area contributed by atoms with E-state index in [1.807, 2.05) is 25.7 Å². The number of nitro groups is 1. The number of aliphatic hydroxyl groups excluding tert-OH is 2. The normalized spacial score (nSPS) is 26.1. The molecule has 0 saturated heterocycles. The van der Waals surface area contributed by atoms with Crippen LogP contribution in [0.15, 0.2) is 23.0 Å². The Hall–Kier alpha value is -3.97. The van der Waals surface area contributed by atoms with Crippen molar-refractivity contribution in [2.75, 3.05) is 32.1 Å². The number of aliphatic hydroxyl groups is 3. The maximum atomic E-state index is 14.0. The van der Waals surface area contributed by atoms with Crippen LogP contribution in [0.4, 0.5) is 11.4 Å². The first kappa shape index (κ1) is 29.0. The molecule has 4 atom stereocenters. The Morgan fingerprint density at radius 2 is 1.88 bits per heavy atom. The number of hydrogen-bond acceptors (Lipinski definition) is 11. The molecule has 0 aliphatic heterocycles. The number of primary amides is 1. The van der Waals surface area contributed by atoms with Crippen molar-refractivity contribution >= 4 is 34.6 Å². The number of nitrogens with two attached hydrogens (primary N) is 1. The molecule has 1 aromatic rings.